The highest BCUT2D eigenvalue weighted by molar-refractivity contribution is 5.93. The van der Waals surface area contributed by atoms with E-state index in [1.54, 1.807) is 12.1 Å². The van der Waals surface area contributed by atoms with Gasteiger partial charge in [-0.1, -0.05) is 12.1 Å². The minimum absolute atomic E-state index is 0.0469. The summed E-state index contributed by atoms with van der Waals surface area (Å²) >= 11 is 0. The number of nitrogens with one attached hydrogen (secondary N) is 1. The van der Waals surface area contributed by atoms with Crippen molar-refractivity contribution >= 4 is 17.3 Å². The van der Waals surface area contributed by atoms with E-state index in [1.165, 1.54) is 30.3 Å². The number of non-ortho nitro benzene ring substituents is 1. The van der Waals surface area contributed by atoms with Gasteiger partial charge in [-0.05, 0) is 30.7 Å². The molecular formula is C15H14N2O5. The van der Waals surface area contributed by atoms with E-state index in [2.05, 4.69) is 5.32 Å². The fourth-order valence-corrected chi connectivity index (χ4v) is 1.77. The third-order valence-corrected chi connectivity index (χ3v) is 2.82. The number of rotatable bonds is 5. The molecule has 2 N–H and O–H groups in total. The van der Waals surface area contributed by atoms with Gasteiger partial charge in [0.05, 0.1) is 16.7 Å². The van der Waals surface area contributed by atoms with Crippen LogP contribution in [-0.2, 0) is 4.79 Å². The van der Waals surface area contributed by atoms with Gasteiger partial charge in [-0.15, -0.1) is 0 Å². The molecule has 0 saturated heterocycles. The molecule has 0 aliphatic heterocycles. The van der Waals surface area contributed by atoms with Crippen molar-refractivity contribution < 1.29 is 19.6 Å². The second-order valence-electron chi connectivity index (χ2n) is 4.61. The van der Waals surface area contributed by atoms with Gasteiger partial charge in [-0.3, -0.25) is 14.9 Å². The van der Waals surface area contributed by atoms with Crippen LogP contribution in [0.25, 0.3) is 0 Å². The zero-order chi connectivity index (χ0) is 16.1. The number of aryl methyl sites for hydroxylation is 1. The Kier molecular flexibility index (Phi) is 4.57. The Labute approximate surface area is 126 Å². The minimum atomic E-state index is -0.544. The molecule has 0 heterocycles. The first kappa shape index (κ1) is 15.3. The summed E-state index contributed by atoms with van der Waals surface area (Å²) in [5.74, 6) is -0.306. The number of nitro benzene ring substituents is 1. The van der Waals surface area contributed by atoms with Crippen molar-refractivity contribution in [2.45, 2.75) is 6.92 Å². The molecule has 0 atom stereocenters. The molecule has 0 unspecified atom stereocenters. The van der Waals surface area contributed by atoms with Gasteiger partial charge in [-0.25, -0.2) is 0 Å². The monoisotopic (exact) mass is 302 g/mol. The minimum Gasteiger partial charge on any atom is -0.506 e. The lowest BCUT2D eigenvalue weighted by Gasteiger charge is -2.09. The number of carbonyl (C=O) groups excluding carboxylic acids is 1. The molecule has 2 rings (SSSR count). The quantitative estimate of drug-likeness (QED) is 0.502. The number of ether oxygens (including phenoxy) is 1. The van der Waals surface area contributed by atoms with Crippen LogP contribution >= 0.6 is 0 Å². The molecule has 0 aromatic heterocycles. The fraction of sp³-hybridized carbons (Fsp3) is 0.133. The van der Waals surface area contributed by atoms with E-state index in [1.807, 2.05) is 6.92 Å². The Balaban J connectivity index is 1.97. The number of aromatic hydroxyl groups is 1. The molecule has 0 spiro atoms. The van der Waals surface area contributed by atoms with E-state index in [4.69, 9.17) is 4.74 Å². The van der Waals surface area contributed by atoms with Gasteiger partial charge in [0.1, 0.15) is 11.5 Å². The second kappa shape index (κ2) is 6.57. The van der Waals surface area contributed by atoms with Crippen molar-refractivity contribution in [2.24, 2.45) is 0 Å². The maximum atomic E-state index is 11.8. The molecule has 0 aliphatic rings. The number of carbonyl (C=O) groups is 1. The van der Waals surface area contributed by atoms with Crippen molar-refractivity contribution in [3.63, 3.8) is 0 Å². The van der Waals surface area contributed by atoms with E-state index in [9.17, 15) is 20.0 Å². The predicted molar refractivity (Wildman–Crippen MR) is 80.1 cm³/mol. The summed E-state index contributed by atoms with van der Waals surface area (Å²) in [6.45, 7) is 1.50. The first-order chi connectivity index (χ1) is 10.5. The summed E-state index contributed by atoms with van der Waals surface area (Å²) in [6.07, 6.45) is 0. The van der Waals surface area contributed by atoms with E-state index < -0.39 is 10.8 Å². The number of nitrogens with zero attached hydrogens (tertiary/aromatic N) is 1. The van der Waals surface area contributed by atoms with Crippen LogP contribution in [0.4, 0.5) is 11.4 Å². The largest absolute Gasteiger partial charge is 0.506 e. The predicted octanol–water partition coefficient (Wildman–Crippen LogP) is 2.63. The normalized spacial score (nSPS) is 10.0. The summed E-state index contributed by atoms with van der Waals surface area (Å²) in [5.41, 5.74) is 1.05. The van der Waals surface area contributed by atoms with Crippen LogP contribution < -0.4 is 10.1 Å². The van der Waals surface area contributed by atoms with Gasteiger partial charge in [0.2, 0.25) is 0 Å². The van der Waals surface area contributed by atoms with Crippen molar-refractivity contribution in [3.05, 3.63) is 58.1 Å². The molecule has 0 radical (unpaired) electrons. The molecule has 0 fully saturated rings. The number of hydrogen-bond acceptors (Lipinski definition) is 5. The zero-order valence-corrected chi connectivity index (χ0v) is 11.8. The molecule has 22 heavy (non-hydrogen) atoms. The molecule has 7 heteroatoms. The maximum Gasteiger partial charge on any atom is 0.273 e. The number of hydrogen-bond donors (Lipinski definition) is 2. The topological polar surface area (TPSA) is 102 Å². The first-order valence-corrected chi connectivity index (χ1v) is 6.42. The summed E-state index contributed by atoms with van der Waals surface area (Å²) < 4.78 is 5.20. The third-order valence-electron chi connectivity index (χ3n) is 2.82. The van der Waals surface area contributed by atoms with Crippen LogP contribution in [0.1, 0.15) is 5.56 Å². The number of anilines is 1. The first-order valence-electron chi connectivity index (χ1n) is 6.42. The van der Waals surface area contributed by atoms with Crippen LogP contribution in [-0.4, -0.2) is 22.5 Å². The summed E-state index contributed by atoms with van der Waals surface area (Å²) in [5, 5.41) is 22.8. The van der Waals surface area contributed by atoms with Gasteiger partial charge in [0.15, 0.2) is 6.61 Å². The summed E-state index contributed by atoms with van der Waals surface area (Å²) in [4.78, 5) is 21.9. The molecule has 114 valence electrons. The number of amides is 1. The highest BCUT2D eigenvalue weighted by atomic mass is 16.6. The van der Waals surface area contributed by atoms with E-state index >= 15 is 0 Å². The number of benzene rings is 2. The van der Waals surface area contributed by atoms with Gasteiger partial charge < -0.3 is 15.2 Å². The van der Waals surface area contributed by atoms with Crippen molar-refractivity contribution in [3.8, 4) is 11.5 Å². The highest BCUT2D eigenvalue weighted by Crippen LogP contribution is 2.24. The van der Waals surface area contributed by atoms with E-state index in [-0.39, 0.29) is 29.5 Å². The molecule has 2 aromatic carbocycles. The van der Waals surface area contributed by atoms with E-state index in [0.29, 0.717) is 0 Å². The molecule has 0 aliphatic carbocycles. The Hall–Kier alpha value is -3.09. The van der Waals surface area contributed by atoms with Gasteiger partial charge >= 0.3 is 0 Å². The second-order valence-corrected chi connectivity index (χ2v) is 4.61. The lowest BCUT2D eigenvalue weighted by Crippen LogP contribution is -2.20. The Morgan fingerprint density at radius 3 is 2.82 bits per heavy atom. The lowest BCUT2D eigenvalue weighted by atomic mass is 10.2. The number of nitro groups is 1. The van der Waals surface area contributed by atoms with Crippen molar-refractivity contribution in [1.29, 1.82) is 0 Å². The van der Waals surface area contributed by atoms with E-state index in [0.717, 1.165) is 5.56 Å². The maximum absolute atomic E-state index is 11.8. The van der Waals surface area contributed by atoms with Gasteiger partial charge in [-0.2, -0.15) is 0 Å². The molecule has 0 bridgehead atoms. The number of phenols is 1. The van der Waals surface area contributed by atoms with Crippen LogP contribution in [0, 0.1) is 17.0 Å². The third kappa shape index (κ3) is 3.95. The van der Waals surface area contributed by atoms with Gasteiger partial charge in [0.25, 0.3) is 11.6 Å². The Bertz CT molecular complexity index is 715. The smallest absolute Gasteiger partial charge is 0.273 e. The van der Waals surface area contributed by atoms with Crippen molar-refractivity contribution in [2.75, 3.05) is 11.9 Å². The molecule has 2 aromatic rings. The molecule has 7 nitrogen and oxygen atoms in total. The number of phenolic OH excluding ortho intramolecular Hbond substituents is 1. The van der Waals surface area contributed by atoms with Crippen LogP contribution in [0.15, 0.2) is 42.5 Å². The standard InChI is InChI=1S/C15H14N2O5/c1-10-5-6-14(18)13(7-10)16-15(19)9-22-12-4-2-3-11(8-12)17(20)21/h2-8,18H,9H2,1H3,(H,16,19). The Morgan fingerprint density at radius 2 is 2.09 bits per heavy atom. The molecule has 0 saturated carbocycles. The van der Waals surface area contributed by atoms with Crippen LogP contribution in [0.5, 0.6) is 11.5 Å². The summed E-state index contributed by atoms with van der Waals surface area (Å²) in [6, 6.07) is 10.4. The lowest BCUT2D eigenvalue weighted by molar-refractivity contribution is -0.384. The fourth-order valence-electron chi connectivity index (χ4n) is 1.77. The Morgan fingerprint density at radius 1 is 1.32 bits per heavy atom. The molecule has 1 amide bonds. The average Bonchev–Trinajstić information content (AvgIpc) is 2.49. The zero-order valence-electron chi connectivity index (χ0n) is 11.8. The highest BCUT2D eigenvalue weighted by Gasteiger charge is 2.10. The average molecular weight is 302 g/mol. The van der Waals surface area contributed by atoms with Gasteiger partial charge in [0, 0.05) is 6.07 Å². The van der Waals surface area contributed by atoms with Crippen molar-refractivity contribution in [1.82, 2.24) is 0 Å². The summed E-state index contributed by atoms with van der Waals surface area (Å²) in [7, 11) is 0. The SMILES string of the molecule is Cc1ccc(O)c(NC(=O)COc2cccc([N+](=O)[O-])c2)c1. The molecular weight excluding hydrogens is 288 g/mol. The van der Waals surface area contributed by atoms with Crippen LogP contribution in [0.2, 0.25) is 0 Å². The van der Waals surface area contributed by atoms with Crippen LogP contribution in [0.3, 0.4) is 0 Å².